The fourth-order valence-corrected chi connectivity index (χ4v) is 5.36. The SMILES string of the molecule is COc1ccc(S(=O)(=O)N(C)Cc2cccs2)cc1C(=O)N1CCCCCC1. The molecule has 0 atom stereocenters. The van der Waals surface area contributed by atoms with Crippen LogP contribution in [0, 0.1) is 0 Å². The maximum atomic E-state index is 13.1. The molecule has 2 aromatic rings. The first kappa shape index (κ1) is 20.8. The van der Waals surface area contributed by atoms with E-state index >= 15 is 0 Å². The summed E-state index contributed by atoms with van der Waals surface area (Å²) < 4.78 is 32.7. The summed E-state index contributed by atoms with van der Waals surface area (Å²) in [5, 5.41) is 1.92. The van der Waals surface area contributed by atoms with Crippen LogP contribution in [0.1, 0.15) is 40.9 Å². The number of carbonyl (C=O) groups is 1. The molecule has 1 aliphatic rings. The van der Waals surface area contributed by atoms with E-state index in [-0.39, 0.29) is 10.8 Å². The van der Waals surface area contributed by atoms with Crippen LogP contribution in [-0.2, 0) is 16.6 Å². The quantitative estimate of drug-likeness (QED) is 0.713. The summed E-state index contributed by atoms with van der Waals surface area (Å²) in [7, 11) is -0.677. The van der Waals surface area contributed by atoms with Gasteiger partial charge in [0.25, 0.3) is 5.91 Å². The molecule has 0 radical (unpaired) electrons. The lowest BCUT2D eigenvalue weighted by Crippen LogP contribution is -2.32. The van der Waals surface area contributed by atoms with E-state index in [1.807, 2.05) is 17.5 Å². The predicted molar refractivity (Wildman–Crippen MR) is 110 cm³/mol. The van der Waals surface area contributed by atoms with Crippen LogP contribution in [0.2, 0.25) is 0 Å². The average Bonchev–Trinajstić information content (AvgIpc) is 3.05. The average molecular weight is 423 g/mol. The third kappa shape index (κ3) is 4.56. The van der Waals surface area contributed by atoms with Gasteiger partial charge in [0.05, 0.1) is 17.6 Å². The number of ether oxygens (including phenoxy) is 1. The second-order valence-corrected chi connectivity index (χ2v) is 9.99. The summed E-state index contributed by atoms with van der Waals surface area (Å²) in [6.45, 7) is 1.68. The van der Waals surface area contributed by atoms with Gasteiger partial charge in [-0.05, 0) is 42.5 Å². The molecule has 1 aliphatic heterocycles. The molecule has 0 aliphatic carbocycles. The highest BCUT2D eigenvalue weighted by Gasteiger charge is 2.26. The molecule has 0 spiro atoms. The molecule has 0 unspecified atom stereocenters. The molecule has 0 N–H and O–H groups in total. The van der Waals surface area contributed by atoms with Crippen LogP contribution >= 0.6 is 11.3 Å². The molecule has 152 valence electrons. The predicted octanol–water partition coefficient (Wildman–Crippen LogP) is 3.59. The lowest BCUT2D eigenvalue weighted by Gasteiger charge is -2.22. The second-order valence-electron chi connectivity index (χ2n) is 6.91. The van der Waals surface area contributed by atoms with Gasteiger partial charge in [0.15, 0.2) is 0 Å². The van der Waals surface area contributed by atoms with Crippen LogP contribution in [0.4, 0.5) is 0 Å². The second kappa shape index (κ2) is 9.07. The fraction of sp³-hybridized carbons (Fsp3) is 0.450. The molecular formula is C20H26N2O4S2. The van der Waals surface area contributed by atoms with Crippen LogP contribution in [0.3, 0.4) is 0 Å². The summed E-state index contributed by atoms with van der Waals surface area (Å²) in [5.74, 6) is 0.228. The summed E-state index contributed by atoms with van der Waals surface area (Å²) in [6, 6.07) is 8.31. The molecular weight excluding hydrogens is 396 g/mol. The highest BCUT2D eigenvalue weighted by atomic mass is 32.2. The minimum atomic E-state index is -3.72. The lowest BCUT2D eigenvalue weighted by atomic mass is 10.1. The van der Waals surface area contributed by atoms with E-state index in [0.717, 1.165) is 30.6 Å². The van der Waals surface area contributed by atoms with Gasteiger partial charge < -0.3 is 9.64 Å². The first-order valence-electron chi connectivity index (χ1n) is 9.39. The first-order chi connectivity index (χ1) is 13.4. The van der Waals surface area contributed by atoms with Gasteiger partial charge in [-0.3, -0.25) is 4.79 Å². The smallest absolute Gasteiger partial charge is 0.257 e. The highest BCUT2D eigenvalue weighted by molar-refractivity contribution is 7.89. The number of methoxy groups -OCH3 is 1. The maximum Gasteiger partial charge on any atom is 0.257 e. The van der Waals surface area contributed by atoms with Gasteiger partial charge in [-0.15, -0.1) is 11.3 Å². The van der Waals surface area contributed by atoms with Crippen LogP contribution in [0.5, 0.6) is 5.75 Å². The van der Waals surface area contributed by atoms with Crippen molar-refractivity contribution in [1.29, 1.82) is 0 Å². The normalized spacial score (nSPS) is 15.5. The third-order valence-electron chi connectivity index (χ3n) is 4.96. The summed E-state index contributed by atoms with van der Waals surface area (Å²) >= 11 is 1.51. The molecule has 8 heteroatoms. The molecule has 1 fully saturated rings. The molecule has 2 heterocycles. The largest absolute Gasteiger partial charge is 0.496 e. The van der Waals surface area contributed by atoms with Crippen LogP contribution < -0.4 is 4.74 Å². The van der Waals surface area contributed by atoms with E-state index in [1.54, 1.807) is 18.0 Å². The topological polar surface area (TPSA) is 66.9 Å². The van der Waals surface area contributed by atoms with Crippen molar-refractivity contribution in [2.45, 2.75) is 37.1 Å². The Labute approximate surface area is 170 Å². The third-order valence-corrected chi connectivity index (χ3v) is 7.62. The van der Waals surface area contributed by atoms with Crippen molar-refractivity contribution in [3.63, 3.8) is 0 Å². The van der Waals surface area contributed by atoms with Crippen LogP contribution in [0.15, 0.2) is 40.6 Å². The van der Waals surface area contributed by atoms with Gasteiger partial charge in [-0.2, -0.15) is 4.31 Å². The number of rotatable bonds is 6. The summed E-state index contributed by atoms with van der Waals surface area (Å²) in [5.41, 5.74) is 0.301. The number of carbonyl (C=O) groups excluding carboxylic acids is 1. The zero-order valence-electron chi connectivity index (χ0n) is 16.3. The number of sulfonamides is 1. The lowest BCUT2D eigenvalue weighted by molar-refractivity contribution is 0.0758. The van der Waals surface area contributed by atoms with Gasteiger partial charge in [-0.25, -0.2) is 8.42 Å². The number of benzene rings is 1. The summed E-state index contributed by atoms with van der Waals surface area (Å²) in [4.78, 5) is 15.9. The molecule has 6 nitrogen and oxygen atoms in total. The number of nitrogens with zero attached hydrogens (tertiary/aromatic N) is 2. The molecule has 0 saturated carbocycles. The standard InChI is InChI=1S/C20H26N2O4S2/c1-21(15-16-8-7-13-27-16)28(24,25)17-9-10-19(26-2)18(14-17)20(23)22-11-5-3-4-6-12-22/h7-10,13-14H,3-6,11-12,15H2,1-2H3. The van der Waals surface area contributed by atoms with Gasteiger partial charge in [0, 0.05) is 31.6 Å². The first-order valence-corrected chi connectivity index (χ1v) is 11.7. The number of likely N-dealkylation sites (tertiary alicyclic amines) is 1. The Bertz CT molecular complexity index is 902. The molecule has 3 rings (SSSR count). The minimum Gasteiger partial charge on any atom is -0.496 e. The van der Waals surface area contributed by atoms with Gasteiger partial charge in [0.1, 0.15) is 5.75 Å². The van der Waals surface area contributed by atoms with E-state index in [4.69, 9.17) is 4.74 Å². The molecule has 1 amide bonds. The highest BCUT2D eigenvalue weighted by Crippen LogP contribution is 2.27. The molecule has 28 heavy (non-hydrogen) atoms. The van der Waals surface area contributed by atoms with Crippen molar-refractivity contribution in [3.8, 4) is 5.75 Å². The van der Waals surface area contributed by atoms with E-state index in [9.17, 15) is 13.2 Å². The monoisotopic (exact) mass is 422 g/mol. The maximum absolute atomic E-state index is 13.1. The van der Waals surface area contributed by atoms with E-state index in [2.05, 4.69) is 0 Å². The van der Waals surface area contributed by atoms with Crippen LogP contribution in [0.25, 0.3) is 0 Å². The number of hydrogen-bond donors (Lipinski definition) is 0. The number of amides is 1. The Hall–Kier alpha value is -1.90. The Morgan fingerprint density at radius 1 is 1.18 bits per heavy atom. The zero-order valence-corrected chi connectivity index (χ0v) is 17.9. The number of thiophene rings is 1. The Kier molecular flexibility index (Phi) is 6.74. The Morgan fingerprint density at radius 3 is 2.50 bits per heavy atom. The Morgan fingerprint density at radius 2 is 1.89 bits per heavy atom. The van der Waals surface area contributed by atoms with Crippen molar-refractivity contribution in [3.05, 3.63) is 46.2 Å². The molecule has 1 saturated heterocycles. The van der Waals surface area contributed by atoms with E-state index in [1.165, 1.54) is 34.9 Å². The fourth-order valence-electron chi connectivity index (χ4n) is 3.35. The molecule has 1 aromatic heterocycles. The van der Waals surface area contributed by atoms with Gasteiger partial charge in [-0.1, -0.05) is 18.9 Å². The van der Waals surface area contributed by atoms with E-state index < -0.39 is 10.0 Å². The van der Waals surface area contributed by atoms with Crippen LogP contribution in [-0.4, -0.2) is 50.8 Å². The van der Waals surface area contributed by atoms with Crippen molar-refractivity contribution in [1.82, 2.24) is 9.21 Å². The van der Waals surface area contributed by atoms with E-state index in [0.29, 0.717) is 30.9 Å². The van der Waals surface area contributed by atoms with Crippen molar-refractivity contribution < 1.29 is 17.9 Å². The van der Waals surface area contributed by atoms with Gasteiger partial charge in [0.2, 0.25) is 10.0 Å². The molecule has 0 bridgehead atoms. The molecule has 1 aromatic carbocycles. The van der Waals surface area contributed by atoms with Crippen molar-refractivity contribution >= 4 is 27.3 Å². The number of hydrogen-bond acceptors (Lipinski definition) is 5. The zero-order chi connectivity index (χ0) is 20.1. The Balaban J connectivity index is 1.90. The minimum absolute atomic E-state index is 0.102. The van der Waals surface area contributed by atoms with Gasteiger partial charge >= 0.3 is 0 Å². The van der Waals surface area contributed by atoms with Crippen molar-refractivity contribution in [2.75, 3.05) is 27.2 Å². The summed E-state index contributed by atoms with van der Waals surface area (Å²) in [6.07, 6.45) is 4.16. The van der Waals surface area contributed by atoms with Crippen molar-refractivity contribution in [2.24, 2.45) is 0 Å².